The SMILES string of the molecule is CC(C)(C)[Si](C)(C)OC1CCC(=O)c2c(OCc3ccccc3)cccc21. The van der Waals surface area contributed by atoms with Crippen LogP contribution < -0.4 is 4.74 Å². The van der Waals surface area contributed by atoms with E-state index in [9.17, 15) is 4.79 Å². The van der Waals surface area contributed by atoms with E-state index in [1.54, 1.807) is 0 Å². The van der Waals surface area contributed by atoms with Gasteiger partial charge in [-0.2, -0.15) is 0 Å². The Balaban J connectivity index is 1.87. The average Bonchev–Trinajstić information content (AvgIpc) is 2.62. The fourth-order valence-electron chi connectivity index (χ4n) is 3.17. The van der Waals surface area contributed by atoms with E-state index in [-0.39, 0.29) is 16.9 Å². The number of hydrogen-bond donors (Lipinski definition) is 0. The highest BCUT2D eigenvalue weighted by molar-refractivity contribution is 6.74. The molecule has 144 valence electrons. The summed E-state index contributed by atoms with van der Waals surface area (Å²) in [7, 11) is -1.92. The Morgan fingerprint density at radius 2 is 1.74 bits per heavy atom. The second-order valence-electron chi connectivity index (χ2n) is 8.82. The lowest BCUT2D eigenvalue weighted by atomic mass is 9.88. The van der Waals surface area contributed by atoms with Crippen LogP contribution in [0.25, 0.3) is 0 Å². The van der Waals surface area contributed by atoms with Crippen molar-refractivity contribution in [1.82, 2.24) is 0 Å². The first-order valence-electron chi connectivity index (χ1n) is 9.70. The first-order valence-corrected chi connectivity index (χ1v) is 12.6. The molecule has 0 radical (unpaired) electrons. The third-order valence-corrected chi connectivity index (χ3v) is 10.3. The van der Waals surface area contributed by atoms with Crippen LogP contribution >= 0.6 is 0 Å². The van der Waals surface area contributed by atoms with Gasteiger partial charge < -0.3 is 9.16 Å². The Labute approximate surface area is 163 Å². The summed E-state index contributed by atoms with van der Waals surface area (Å²) in [5.41, 5.74) is 2.79. The second kappa shape index (κ2) is 7.61. The first kappa shape index (κ1) is 19.8. The molecule has 3 nitrogen and oxygen atoms in total. The van der Waals surface area contributed by atoms with Gasteiger partial charge in [0.1, 0.15) is 12.4 Å². The number of rotatable bonds is 5. The van der Waals surface area contributed by atoms with Crippen LogP contribution in [-0.4, -0.2) is 14.1 Å². The van der Waals surface area contributed by atoms with Crippen LogP contribution in [0.2, 0.25) is 18.1 Å². The zero-order chi connectivity index (χ0) is 19.7. The van der Waals surface area contributed by atoms with Crippen molar-refractivity contribution in [3.8, 4) is 5.75 Å². The van der Waals surface area contributed by atoms with Crippen molar-refractivity contribution < 1.29 is 14.0 Å². The topological polar surface area (TPSA) is 35.5 Å². The molecule has 0 saturated heterocycles. The number of Topliss-reactive ketones (excluding diaryl/α,β-unsaturated/α-hetero) is 1. The first-order chi connectivity index (χ1) is 12.7. The summed E-state index contributed by atoms with van der Waals surface area (Å²) in [5.74, 6) is 0.827. The van der Waals surface area contributed by atoms with E-state index in [0.29, 0.717) is 24.3 Å². The molecule has 1 atom stereocenters. The molecule has 4 heteroatoms. The standard InChI is InChI=1S/C23H30O3Si/c1-23(2,3)27(4,5)26-20-15-14-19(24)22-18(20)12-9-13-21(22)25-16-17-10-7-6-8-11-17/h6-13,20H,14-16H2,1-5H3. The van der Waals surface area contributed by atoms with Crippen molar-refractivity contribution >= 4 is 14.1 Å². The molecule has 2 aromatic carbocycles. The lowest BCUT2D eigenvalue weighted by Gasteiger charge is -2.40. The Morgan fingerprint density at radius 1 is 1.04 bits per heavy atom. The quantitative estimate of drug-likeness (QED) is 0.569. The van der Waals surface area contributed by atoms with Crippen LogP contribution in [0.15, 0.2) is 48.5 Å². The minimum atomic E-state index is -1.92. The van der Waals surface area contributed by atoms with Gasteiger partial charge in [0.05, 0.1) is 11.7 Å². The van der Waals surface area contributed by atoms with Crippen molar-refractivity contribution in [1.29, 1.82) is 0 Å². The van der Waals surface area contributed by atoms with Gasteiger partial charge in [0.2, 0.25) is 0 Å². The molecule has 0 fully saturated rings. The van der Waals surface area contributed by atoms with Gasteiger partial charge in [0, 0.05) is 6.42 Å². The molecular weight excluding hydrogens is 352 g/mol. The van der Waals surface area contributed by atoms with Crippen LogP contribution in [0.4, 0.5) is 0 Å². The highest BCUT2D eigenvalue weighted by Gasteiger charge is 2.41. The zero-order valence-corrected chi connectivity index (χ0v) is 18.0. The smallest absolute Gasteiger partial charge is 0.192 e. The van der Waals surface area contributed by atoms with Crippen molar-refractivity contribution in [3.05, 3.63) is 65.2 Å². The van der Waals surface area contributed by atoms with E-state index in [2.05, 4.69) is 33.9 Å². The van der Waals surface area contributed by atoms with Gasteiger partial charge in [-0.05, 0) is 41.7 Å². The molecule has 0 heterocycles. The summed E-state index contributed by atoms with van der Waals surface area (Å²) in [6, 6.07) is 15.9. The van der Waals surface area contributed by atoms with Crippen LogP contribution in [-0.2, 0) is 11.0 Å². The molecule has 0 amide bonds. The lowest BCUT2D eigenvalue weighted by molar-refractivity contribution is 0.0901. The maximum Gasteiger partial charge on any atom is 0.192 e. The molecule has 0 aromatic heterocycles. The Hall–Kier alpha value is -1.91. The molecule has 1 unspecified atom stereocenters. The van der Waals surface area contributed by atoms with Crippen LogP contribution in [0.3, 0.4) is 0 Å². The van der Waals surface area contributed by atoms with Gasteiger partial charge in [-0.25, -0.2) is 0 Å². The second-order valence-corrected chi connectivity index (χ2v) is 13.6. The predicted octanol–water partition coefficient (Wildman–Crippen LogP) is 6.31. The number of fused-ring (bicyclic) bond motifs is 1. The third-order valence-electron chi connectivity index (χ3n) is 5.80. The molecule has 2 aromatic rings. The van der Waals surface area contributed by atoms with Crippen LogP contribution in [0, 0.1) is 0 Å². The van der Waals surface area contributed by atoms with Crippen molar-refractivity contribution in [2.45, 2.75) is 64.5 Å². The number of ketones is 1. The average molecular weight is 383 g/mol. The number of ether oxygens (including phenoxy) is 1. The Morgan fingerprint density at radius 3 is 2.41 bits per heavy atom. The van der Waals surface area contributed by atoms with Crippen molar-refractivity contribution in [2.24, 2.45) is 0 Å². The zero-order valence-electron chi connectivity index (χ0n) is 17.0. The van der Waals surface area contributed by atoms with Gasteiger partial charge >= 0.3 is 0 Å². The van der Waals surface area contributed by atoms with Crippen LogP contribution in [0.5, 0.6) is 5.75 Å². The van der Waals surface area contributed by atoms with E-state index in [1.807, 2.05) is 48.5 Å². The molecule has 0 bridgehead atoms. The summed E-state index contributed by atoms with van der Waals surface area (Å²) in [6.07, 6.45) is 1.23. The minimum Gasteiger partial charge on any atom is -0.488 e. The van der Waals surface area contributed by atoms with E-state index in [1.165, 1.54) is 0 Å². The molecule has 0 spiro atoms. The van der Waals surface area contributed by atoms with Gasteiger partial charge in [-0.15, -0.1) is 0 Å². The lowest BCUT2D eigenvalue weighted by Crippen LogP contribution is -2.42. The molecule has 3 rings (SSSR count). The van der Waals surface area contributed by atoms with E-state index in [0.717, 1.165) is 17.5 Å². The fourth-order valence-corrected chi connectivity index (χ4v) is 4.48. The third kappa shape index (κ3) is 4.33. The highest BCUT2D eigenvalue weighted by atomic mass is 28.4. The summed E-state index contributed by atoms with van der Waals surface area (Å²) >= 11 is 0. The molecule has 27 heavy (non-hydrogen) atoms. The molecule has 0 N–H and O–H groups in total. The van der Waals surface area contributed by atoms with Crippen molar-refractivity contribution in [2.75, 3.05) is 0 Å². The molecule has 0 saturated carbocycles. The maximum atomic E-state index is 12.7. The largest absolute Gasteiger partial charge is 0.488 e. The molecule has 1 aliphatic rings. The van der Waals surface area contributed by atoms with Gasteiger partial charge in [0.15, 0.2) is 14.1 Å². The van der Waals surface area contributed by atoms with Gasteiger partial charge in [-0.1, -0.05) is 63.2 Å². The van der Waals surface area contributed by atoms with Crippen LogP contribution in [0.1, 0.15) is 61.2 Å². The number of benzene rings is 2. The molecule has 0 aliphatic heterocycles. The Kier molecular flexibility index (Phi) is 5.59. The summed E-state index contributed by atoms with van der Waals surface area (Å²) in [4.78, 5) is 12.7. The molecular formula is C23H30O3Si. The summed E-state index contributed by atoms with van der Waals surface area (Å²) < 4.78 is 12.7. The summed E-state index contributed by atoms with van der Waals surface area (Å²) in [5, 5.41) is 0.135. The monoisotopic (exact) mass is 382 g/mol. The number of carbonyl (C=O) groups excluding carboxylic acids is 1. The number of hydrogen-bond acceptors (Lipinski definition) is 3. The van der Waals surface area contributed by atoms with E-state index >= 15 is 0 Å². The fraction of sp³-hybridized carbons (Fsp3) is 0.435. The normalized spacial score (nSPS) is 17.5. The highest BCUT2D eigenvalue weighted by Crippen LogP contribution is 2.44. The predicted molar refractivity (Wildman–Crippen MR) is 112 cm³/mol. The Bertz CT molecular complexity index is 806. The van der Waals surface area contributed by atoms with E-state index < -0.39 is 8.32 Å². The maximum absolute atomic E-state index is 12.7. The van der Waals surface area contributed by atoms with E-state index in [4.69, 9.17) is 9.16 Å². The molecule has 1 aliphatic carbocycles. The summed E-state index contributed by atoms with van der Waals surface area (Å²) in [6.45, 7) is 11.7. The van der Waals surface area contributed by atoms with Gasteiger partial charge in [0.25, 0.3) is 0 Å². The van der Waals surface area contributed by atoms with Gasteiger partial charge in [-0.3, -0.25) is 4.79 Å². The van der Waals surface area contributed by atoms with Crippen molar-refractivity contribution in [3.63, 3.8) is 0 Å². The number of carbonyl (C=O) groups is 1. The minimum absolute atomic E-state index is 0.0288.